The summed E-state index contributed by atoms with van der Waals surface area (Å²) < 4.78 is 42.6. The van der Waals surface area contributed by atoms with Gasteiger partial charge in [0.25, 0.3) is 0 Å². The van der Waals surface area contributed by atoms with Crippen molar-refractivity contribution in [1.82, 2.24) is 29.9 Å². The van der Waals surface area contributed by atoms with Gasteiger partial charge in [-0.15, -0.1) is 0 Å². The van der Waals surface area contributed by atoms with E-state index in [1.54, 1.807) is 49.1 Å². The van der Waals surface area contributed by atoms with Crippen molar-refractivity contribution >= 4 is 92.8 Å². The van der Waals surface area contributed by atoms with Crippen LogP contribution in [0.1, 0.15) is 25.0 Å². The van der Waals surface area contributed by atoms with E-state index in [-0.39, 0.29) is 132 Å². The van der Waals surface area contributed by atoms with Crippen molar-refractivity contribution in [2.75, 3.05) is 57.7 Å². The fourth-order valence-corrected chi connectivity index (χ4v) is 7.01. The Morgan fingerprint density at radius 3 is 1.63 bits per heavy atom. The fourth-order valence-electron chi connectivity index (χ4n) is 5.81. The number of hydrogen-bond donors (Lipinski definition) is 8. The third-order valence-corrected chi connectivity index (χ3v) is 9.92. The Labute approximate surface area is 423 Å². The molecule has 2 heterocycles. The second-order valence-electron chi connectivity index (χ2n) is 13.6. The number of aliphatic hydroxyl groups is 3. The van der Waals surface area contributed by atoms with Gasteiger partial charge in [0, 0.05) is 47.3 Å². The number of aliphatic hydroxyl groups excluding tert-OH is 3. The van der Waals surface area contributed by atoms with Gasteiger partial charge in [-0.05, 0) is 73.5 Å². The molecule has 2 atom stereocenters. The van der Waals surface area contributed by atoms with Crippen molar-refractivity contribution in [3.8, 4) is 0 Å². The Hall–Kier alpha value is -4.54. The molecule has 65 heavy (non-hydrogen) atoms. The van der Waals surface area contributed by atoms with Crippen molar-refractivity contribution < 1.29 is 102 Å². The zero-order valence-corrected chi connectivity index (χ0v) is 41.2. The standard InChI is InChI=1S/C40H44N12O9S2.2Na/c1-25(54)23-52(24-26(2)55)40-50-38(43-30-11-7-4-8-12-30)49-39(51-40)45-32-18-16-28(34(22-32)63(57,58)59)14-13-27-15-17-31(21-33(27)62-61-60-56)44-37-47-35(41-19-20-53)46-36(48-37)42-29-9-5-3-6-10-29;;/h3-18,21-22,25-26,53-56H,19-20,23-24H2,1-2H3,(H,57,58,59)(H2,43,45,49,50,51)(H3,41,42,44,46,47,48);;/q;2*+1/p-2/b14-13+;;. The van der Waals surface area contributed by atoms with E-state index in [9.17, 15) is 33.5 Å². The molecule has 0 amide bonds. The number of rotatable bonds is 22. The van der Waals surface area contributed by atoms with Crippen molar-refractivity contribution in [2.24, 2.45) is 0 Å². The van der Waals surface area contributed by atoms with Crippen LogP contribution < -0.4 is 95.9 Å². The summed E-state index contributed by atoms with van der Waals surface area (Å²) in [6.07, 6.45) is 1.30. The first-order valence-electron chi connectivity index (χ1n) is 19.1. The number of nitrogens with one attached hydrogen (secondary N) is 5. The number of nitrogens with zero attached hydrogens (tertiary/aromatic N) is 7. The Kier molecular flexibility index (Phi) is 21.2. The molecule has 2 unspecified atom stereocenters. The van der Waals surface area contributed by atoms with Gasteiger partial charge in [0.1, 0.15) is 10.1 Å². The van der Waals surface area contributed by atoms with E-state index in [0.717, 1.165) is 11.8 Å². The molecular weight excluding hydrogens is 903 g/mol. The maximum atomic E-state index is 12.7. The van der Waals surface area contributed by atoms with Gasteiger partial charge in [-0.1, -0.05) is 60.7 Å². The third kappa shape index (κ3) is 16.7. The zero-order valence-electron chi connectivity index (χ0n) is 35.6. The normalized spacial score (nSPS) is 12.0. The topological polar surface area (TPSA) is 300 Å². The quantitative estimate of drug-likeness (QED) is 0.00941. The Bertz CT molecular complexity index is 2580. The van der Waals surface area contributed by atoms with Crippen molar-refractivity contribution in [3.63, 3.8) is 0 Å². The molecule has 21 nitrogen and oxygen atoms in total. The van der Waals surface area contributed by atoms with E-state index in [4.69, 9.17) is 0 Å². The first kappa shape index (κ1) is 53.1. The zero-order chi connectivity index (χ0) is 44.8. The molecule has 25 heteroatoms. The molecule has 0 aliphatic rings. The Morgan fingerprint density at radius 1 is 0.677 bits per heavy atom. The number of aromatic nitrogens is 6. The third-order valence-electron chi connectivity index (χ3n) is 8.37. The molecule has 0 saturated heterocycles. The minimum absolute atomic E-state index is 0. The van der Waals surface area contributed by atoms with Crippen LogP contribution in [0.3, 0.4) is 0 Å². The second-order valence-corrected chi connectivity index (χ2v) is 15.7. The smallest absolute Gasteiger partial charge is 0.744 e. The van der Waals surface area contributed by atoms with Gasteiger partial charge in [0.05, 0.1) is 35.8 Å². The molecule has 2 aromatic heterocycles. The summed E-state index contributed by atoms with van der Waals surface area (Å²) in [6.45, 7) is 3.33. The van der Waals surface area contributed by atoms with Gasteiger partial charge < -0.3 is 56.6 Å². The maximum Gasteiger partial charge on any atom is 1.00 e. The second kappa shape index (κ2) is 26.0. The first-order chi connectivity index (χ1) is 30.3. The molecule has 0 bridgehead atoms. The predicted octanol–water partition coefficient (Wildman–Crippen LogP) is -1.68. The molecule has 330 valence electrons. The summed E-state index contributed by atoms with van der Waals surface area (Å²) in [7, 11) is -5.06. The maximum absolute atomic E-state index is 12.7. The van der Waals surface area contributed by atoms with Gasteiger partial charge in [-0.2, -0.15) is 34.2 Å². The van der Waals surface area contributed by atoms with Crippen molar-refractivity contribution in [1.29, 1.82) is 0 Å². The molecule has 6 aromatic rings. The number of para-hydroxylation sites is 2. The van der Waals surface area contributed by atoms with Crippen LogP contribution in [0.2, 0.25) is 0 Å². The summed E-state index contributed by atoms with van der Waals surface area (Å²) in [4.78, 5) is 27.9. The molecule has 0 fully saturated rings. The van der Waals surface area contributed by atoms with Crippen LogP contribution in [0, 0.1) is 0 Å². The van der Waals surface area contributed by atoms with Crippen molar-refractivity contribution in [3.05, 3.63) is 108 Å². The van der Waals surface area contributed by atoms with E-state index in [0.29, 0.717) is 33.9 Å². The molecule has 6 rings (SSSR count). The van der Waals surface area contributed by atoms with E-state index >= 15 is 0 Å². The average molecular weight is 945 g/mol. The Morgan fingerprint density at radius 2 is 1.14 bits per heavy atom. The molecule has 4 aromatic carbocycles. The number of hydrogen-bond acceptors (Lipinski definition) is 22. The summed E-state index contributed by atoms with van der Waals surface area (Å²) >= 11 is 0.573. The van der Waals surface area contributed by atoms with Gasteiger partial charge in [-0.3, -0.25) is 5.04 Å². The van der Waals surface area contributed by atoms with Gasteiger partial charge in [0.2, 0.25) is 35.7 Å². The Balaban J connectivity index is 0.00000462. The minimum atomic E-state index is -5.06. The molecule has 0 aliphatic heterocycles. The van der Waals surface area contributed by atoms with E-state index in [1.807, 2.05) is 48.5 Å². The summed E-state index contributed by atoms with van der Waals surface area (Å²) in [5.74, 6) is 0.672. The first-order valence-corrected chi connectivity index (χ1v) is 21.2. The monoisotopic (exact) mass is 944 g/mol. The van der Waals surface area contributed by atoms with E-state index < -0.39 is 27.2 Å². The van der Waals surface area contributed by atoms with Crippen LogP contribution in [0.15, 0.2) is 107 Å². The van der Waals surface area contributed by atoms with E-state index in [1.165, 1.54) is 24.3 Å². The summed E-state index contributed by atoms with van der Waals surface area (Å²) in [5, 5.41) is 59.3. The summed E-state index contributed by atoms with van der Waals surface area (Å²) in [5.41, 5.74) is 2.43. The van der Waals surface area contributed by atoms with Gasteiger partial charge in [-0.25, -0.2) is 8.42 Å². The van der Waals surface area contributed by atoms with Crippen LogP contribution in [-0.2, 0) is 19.5 Å². The average Bonchev–Trinajstić information content (AvgIpc) is 3.24. The molecule has 8 N–H and O–H groups in total. The number of anilines is 10. The molecule has 0 saturated carbocycles. The molecule has 0 aliphatic carbocycles. The van der Waals surface area contributed by atoms with Gasteiger partial charge >= 0.3 is 59.1 Å². The van der Waals surface area contributed by atoms with Crippen molar-refractivity contribution in [2.45, 2.75) is 35.8 Å². The fraction of sp³-hybridized carbons (Fsp3) is 0.200. The van der Waals surface area contributed by atoms with Crippen LogP contribution >= 0.6 is 12.0 Å². The van der Waals surface area contributed by atoms with Crippen LogP contribution in [0.5, 0.6) is 0 Å². The molecular formula is C40H42N12Na2O9S2. The van der Waals surface area contributed by atoms with E-state index in [2.05, 4.69) is 65.9 Å². The van der Waals surface area contributed by atoms with Gasteiger partial charge in [0.15, 0.2) is 0 Å². The predicted molar refractivity (Wildman–Crippen MR) is 235 cm³/mol. The van der Waals surface area contributed by atoms with Crippen LogP contribution in [-0.4, -0.2) is 96.6 Å². The minimum Gasteiger partial charge on any atom is -0.744 e. The SMILES string of the molecule is CC(O)CN(CC(C)O)c1nc(Nc2ccccc2)nc(Nc2ccc(/C=C/c3ccc(Nc4nc(NCCO)nc(Nc5ccccc5)n4)cc3SOO[O-])c(S(=O)(=O)[O-])c2)n1.[Na+].[Na+]. The van der Waals surface area contributed by atoms with Crippen LogP contribution in [0.25, 0.3) is 12.2 Å². The summed E-state index contributed by atoms with van der Waals surface area (Å²) in [6, 6.07) is 27.2. The largest absolute Gasteiger partial charge is 1.00 e. The molecule has 0 radical (unpaired) electrons. The molecule has 0 spiro atoms. The van der Waals surface area contributed by atoms with Crippen LogP contribution in [0.4, 0.5) is 58.4 Å². The number of benzene rings is 4.